The molecule has 1 amide bonds. The van der Waals surface area contributed by atoms with Crippen molar-refractivity contribution < 1.29 is 9.32 Å². The van der Waals surface area contributed by atoms with Crippen LogP contribution in [0.4, 0.5) is 5.13 Å². The molecule has 2 heterocycles. The van der Waals surface area contributed by atoms with Gasteiger partial charge in [0.1, 0.15) is 0 Å². The van der Waals surface area contributed by atoms with Crippen LogP contribution in [0.25, 0.3) is 10.6 Å². The summed E-state index contributed by atoms with van der Waals surface area (Å²) in [6.07, 6.45) is 0. The van der Waals surface area contributed by atoms with E-state index >= 15 is 0 Å². The minimum Gasteiger partial charge on any atom is -0.351 e. The van der Waals surface area contributed by atoms with Gasteiger partial charge in [0, 0.05) is 11.6 Å². The Hall–Kier alpha value is -2.25. The molecule has 8 heteroatoms. The minimum atomic E-state index is -0.411. The number of carbonyl (C=O) groups is 1. The monoisotopic (exact) mass is 348 g/mol. The summed E-state index contributed by atoms with van der Waals surface area (Å²) in [7, 11) is 0. The Kier molecular flexibility index (Phi) is 4.40. The fourth-order valence-electron chi connectivity index (χ4n) is 1.84. The van der Waals surface area contributed by atoms with Crippen LogP contribution in [0, 0.1) is 0 Å². The quantitative estimate of drug-likeness (QED) is 0.763. The van der Waals surface area contributed by atoms with Gasteiger partial charge in [0.25, 0.3) is 5.91 Å². The van der Waals surface area contributed by atoms with Crippen molar-refractivity contribution in [3.8, 4) is 10.6 Å². The van der Waals surface area contributed by atoms with Crippen LogP contribution in [0.2, 0.25) is 5.02 Å². The van der Waals surface area contributed by atoms with Crippen molar-refractivity contribution in [2.45, 2.75) is 19.8 Å². The number of nitrogens with one attached hydrogen (secondary N) is 1. The van der Waals surface area contributed by atoms with E-state index in [-0.39, 0.29) is 11.7 Å². The number of hydrogen-bond donors (Lipinski definition) is 1. The van der Waals surface area contributed by atoms with Gasteiger partial charge >= 0.3 is 0 Å². The van der Waals surface area contributed by atoms with Gasteiger partial charge in [-0.25, -0.2) is 0 Å². The zero-order valence-electron chi connectivity index (χ0n) is 12.4. The van der Waals surface area contributed by atoms with E-state index in [2.05, 4.69) is 20.7 Å². The van der Waals surface area contributed by atoms with Crippen LogP contribution in [-0.4, -0.2) is 21.3 Å². The topological polar surface area (TPSA) is 80.9 Å². The van der Waals surface area contributed by atoms with Crippen molar-refractivity contribution in [1.82, 2.24) is 15.4 Å². The van der Waals surface area contributed by atoms with Gasteiger partial charge in [0.05, 0.1) is 10.7 Å². The summed E-state index contributed by atoms with van der Waals surface area (Å²) in [5.74, 6) is -0.0805. The molecule has 3 aromatic rings. The molecule has 23 heavy (non-hydrogen) atoms. The SMILES string of the molecule is CC(C)c1cc(C(=O)Nc2nnc(-c3ccccc3Cl)s2)on1. The highest BCUT2D eigenvalue weighted by Gasteiger charge is 2.17. The van der Waals surface area contributed by atoms with Crippen LogP contribution in [0.1, 0.15) is 36.0 Å². The smallest absolute Gasteiger partial charge is 0.296 e. The first-order chi connectivity index (χ1) is 11.0. The van der Waals surface area contributed by atoms with Crippen LogP contribution in [-0.2, 0) is 0 Å². The molecule has 0 radical (unpaired) electrons. The maximum atomic E-state index is 12.1. The molecular weight excluding hydrogens is 336 g/mol. The maximum Gasteiger partial charge on any atom is 0.296 e. The Labute approximate surface area is 141 Å². The van der Waals surface area contributed by atoms with Crippen molar-refractivity contribution in [2.75, 3.05) is 5.32 Å². The van der Waals surface area contributed by atoms with Gasteiger partial charge in [-0.3, -0.25) is 10.1 Å². The van der Waals surface area contributed by atoms with Crippen molar-refractivity contribution in [1.29, 1.82) is 0 Å². The molecule has 1 aromatic carbocycles. The first kappa shape index (κ1) is 15.6. The summed E-state index contributed by atoms with van der Waals surface area (Å²) < 4.78 is 5.04. The number of amides is 1. The number of rotatable bonds is 4. The number of halogens is 1. The minimum absolute atomic E-state index is 0.142. The first-order valence-electron chi connectivity index (χ1n) is 6.91. The highest BCUT2D eigenvalue weighted by atomic mass is 35.5. The summed E-state index contributed by atoms with van der Waals surface area (Å²) in [6.45, 7) is 3.94. The van der Waals surface area contributed by atoms with E-state index < -0.39 is 5.91 Å². The molecule has 0 atom stereocenters. The van der Waals surface area contributed by atoms with Crippen molar-refractivity contribution in [3.63, 3.8) is 0 Å². The Balaban J connectivity index is 1.76. The summed E-state index contributed by atoms with van der Waals surface area (Å²) in [4.78, 5) is 12.1. The second kappa shape index (κ2) is 6.47. The highest BCUT2D eigenvalue weighted by molar-refractivity contribution is 7.18. The number of carbonyl (C=O) groups excluding carboxylic acids is 1. The van der Waals surface area contributed by atoms with Crippen LogP contribution in [0.3, 0.4) is 0 Å². The largest absolute Gasteiger partial charge is 0.351 e. The second-order valence-corrected chi connectivity index (χ2v) is 6.50. The number of benzene rings is 1. The molecule has 1 N–H and O–H groups in total. The van der Waals surface area contributed by atoms with Gasteiger partial charge in [-0.1, -0.05) is 60.1 Å². The number of aromatic nitrogens is 3. The molecule has 118 valence electrons. The predicted molar refractivity (Wildman–Crippen MR) is 88.9 cm³/mol. The number of nitrogens with zero attached hydrogens (tertiary/aromatic N) is 3. The van der Waals surface area contributed by atoms with Crippen molar-refractivity contribution in [2.24, 2.45) is 0 Å². The fourth-order valence-corrected chi connectivity index (χ4v) is 2.90. The molecule has 6 nitrogen and oxygen atoms in total. The predicted octanol–water partition coefficient (Wildman–Crippen LogP) is 4.22. The average molecular weight is 349 g/mol. The highest BCUT2D eigenvalue weighted by Crippen LogP contribution is 2.31. The molecule has 0 bridgehead atoms. The second-order valence-electron chi connectivity index (χ2n) is 5.12. The zero-order valence-corrected chi connectivity index (χ0v) is 14.0. The summed E-state index contributed by atoms with van der Waals surface area (Å²) >= 11 is 7.37. The van der Waals surface area contributed by atoms with Crippen LogP contribution < -0.4 is 5.32 Å². The van der Waals surface area contributed by atoms with E-state index in [9.17, 15) is 4.79 Å². The maximum absolute atomic E-state index is 12.1. The fraction of sp³-hybridized carbons (Fsp3) is 0.200. The standard InChI is InChI=1S/C15H13ClN4O2S/c1-8(2)11-7-12(22-20-11)13(21)17-15-19-18-14(23-15)9-5-3-4-6-10(9)16/h3-8H,1-2H3,(H,17,19,21). The van der Waals surface area contributed by atoms with Crippen LogP contribution >= 0.6 is 22.9 Å². The van der Waals surface area contributed by atoms with Gasteiger partial charge in [0.15, 0.2) is 5.01 Å². The number of hydrogen-bond acceptors (Lipinski definition) is 6. The van der Waals surface area contributed by atoms with Gasteiger partial charge in [-0.15, -0.1) is 10.2 Å². The molecule has 0 fully saturated rings. The van der Waals surface area contributed by atoms with E-state index in [0.717, 1.165) is 11.3 Å². The van der Waals surface area contributed by atoms with E-state index in [0.29, 0.717) is 15.2 Å². The van der Waals surface area contributed by atoms with Crippen LogP contribution in [0.5, 0.6) is 0 Å². The van der Waals surface area contributed by atoms with Gasteiger partial charge in [-0.2, -0.15) is 0 Å². The summed E-state index contributed by atoms with van der Waals surface area (Å²) in [5, 5.41) is 16.1. The number of anilines is 1. The third kappa shape index (κ3) is 3.40. The van der Waals surface area contributed by atoms with Gasteiger partial charge in [-0.05, 0) is 12.0 Å². The molecule has 0 saturated heterocycles. The van der Waals surface area contributed by atoms with Gasteiger partial charge in [0.2, 0.25) is 10.9 Å². The molecule has 0 unspecified atom stereocenters. The first-order valence-corrected chi connectivity index (χ1v) is 8.10. The summed E-state index contributed by atoms with van der Waals surface area (Å²) in [5.41, 5.74) is 1.50. The molecular formula is C15H13ClN4O2S. The van der Waals surface area contributed by atoms with Crippen molar-refractivity contribution in [3.05, 3.63) is 46.8 Å². The lowest BCUT2D eigenvalue weighted by Crippen LogP contribution is -2.10. The Morgan fingerprint density at radius 3 is 2.78 bits per heavy atom. The molecule has 3 rings (SSSR count). The molecule has 0 spiro atoms. The van der Waals surface area contributed by atoms with E-state index in [4.69, 9.17) is 16.1 Å². The molecule has 0 aliphatic rings. The molecule has 0 aliphatic heterocycles. The van der Waals surface area contributed by atoms with E-state index in [1.54, 1.807) is 12.1 Å². The Morgan fingerprint density at radius 2 is 2.09 bits per heavy atom. The Morgan fingerprint density at radius 1 is 1.30 bits per heavy atom. The molecule has 0 saturated carbocycles. The lowest BCUT2D eigenvalue weighted by atomic mass is 10.1. The van der Waals surface area contributed by atoms with Crippen LogP contribution in [0.15, 0.2) is 34.9 Å². The molecule has 2 aromatic heterocycles. The average Bonchev–Trinajstić information content (AvgIpc) is 3.16. The third-order valence-corrected chi connectivity index (χ3v) is 4.29. The zero-order chi connectivity index (χ0) is 16.4. The summed E-state index contributed by atoms with van der Waals surface area (Å²) in [6, 6.07) is 8.95. The lowest BCUT2D eigenvalue weighted by Gasteiger charge is -1.97. The lowest BCUT2D eigenvalue weighted by molar-refractivity contribution is 0.0987. The van der Waals surface area contributed by atoms with Gasteiger partial charge < -0.3 is 4.52 Å². The Bertz CT molecular complexity index is 843. The third-order valence-electron chi connectivity index (χ3n) is 3.09. The normalized spacial score (nSPS) is 11.0. The molecule has 0 aliphatic carbocycles. The van der Waals surface area contributed by atoms with Crippen molar-refractivity contribution >= 4 is 34.0 Å². The van der Waals surface area contributed by atoms with E-state index in [1.165, 1.54) is 11.3 Å². The van der Waals surface area contributed by atoms with E-state index in [1.807, 2.05) is 32.0 Å².